The van der Waals surface area contributed by atoms with E-state index in [2.05, 4.69) is 22.5 Å². The maximum atomic E-state index is 6.05. The fourth-order valence-corrected chi connectivity index (χ4v) is 1.49. The summed E-state index contributed by atoms with van der Waals surface area (Å²) in [5.41, 5.74) is 1.07. The van der Waals surface area contributed by atoms with E-state index in [-0.39, 0.29) is 0 Å². The van der Waals surface area contributed by atoms with E-state index in [4.69, 9.17) is 11.6 Å². The molecule has 0 amide bonds. The van der Waals surface area contributed by atoms with E-state index < -0.39 is 0 Å². The van der Waals surface area contributed by atoms with E-state index >= 15 is 0 Å². The van der Waals surface area contributed by atoms with Gasteiger partial charge in [-0.1, -0.05) is 36.7 Å². The first-order valence-corrected chi connectivity index (χ1v) is 5.83. The quantitative estimate of drug-likeness (QED) is 0.626. The normalized spacial score (nSPS) is 11.3. The SMILES string of the molecule is CCCNC(=NC)NCc1ccccc1Cl. The van der Waals surface area contributed by atoms with Gasteiger partial charge >= 0.3 is 0 Å². The summed E-state index contributed by atoms with van der Waals surface area (Å²) in [4.78, 5) is 4.12. The Balaban J connectivity index is 2.47. The minimum absolute atomic E-state index is 0.684. The monoisotopic (exact) mass is 239 g/mol. The van der Waals surface area contributed by atoms with E-state index in [1.807, 2.05) is 24.3 Å². The zero-order valence-corrected chi connectivity index (χ0v) is 10.5. The summed E-state index contributed by atoms with van der Waals surface area (Å²) in [5.74, 6) is 0.807. The number of nitrogens with one attached hydrogen (secondary N) is 2. The van der Waals surface area contributed by atoms with Gasteiger partial charge in [-0.25, -0.2) is 0 Å². The molecule has 1 aromatic carbocycles. The number of hydrogen-bond acceptors (Lipinski definition) is 1. The zero-order chi connectivity index (χ0) is 11.8. The number of benzene rings is 1. The summed E-state index contributed by atoms with van der Waals surface area (Å²) in [7, 11) is 1.76. The summed E-state index contributed by atoms with van der Waals surface area (Å²) in [6, 6.07) is 7.80. The number of guanidine groups is 1. The summed E-state index contributed by atoms with van der Waals surface area (Å²) < 4.78 is 0. The Labute approximate surface area is 102 Å². The number of halogens is 1. The molecule has 0 aliphatic heterocycles. The van der Waals surface area contributed by atoms with Crippen LogP contribution in [0.2, 0.25) is 5.02 Å². The molecule has 0 aliphatic rings. The third kappa shape index (κ3) is 4.11. The van der Waals surface area contributed by atoms with Crippen molar-refractivity contribution in [3.05, 3.63) is 34.9 Å². The fraction of sp³-hybridized carbons (Fsp3) is 0.417. The summed E-state index contributed by atoms with van der Waals surface area (Å²) >= 11 is 6.05. The third-order valence-electron chi connectivity index (χ3n) is 2.17. The van der Waals surface area contributed by atoms with E-state index in [1.165, 1.54) is 0 Å². The molecule has 0 aromatic heterocycles. The highest BCUT2D eigenvalue weighted by Gasteiger charge is 2.00. The van der Waals surface area contributed by atoms with Gasteiger partial charge in [-0.3, -0.25) is 4.99 Å². The molecule has 0 unspecified atom stereocenters. The maximum Gasteiger partial charge on any atom is 0.191 e. The van der Waals surface area contributed by atoms with Crippen LogP contribution in [0.5, 0.6) is 0 Å². The highest BCUT2D eigenvalue weighted by Crippen LogP contribution is 2.13. The van der Waals surface area contributed by atoms with Crippen molar-refractivity contribution in [3.63, 3.8) is 0 Å². The van der Waals surface area contributed by atoms with Gasteiger partial charge in [0.1, 0.15) is 0 Å². The Morgan fingerprint density at radius 3 is 2.69 bits per heavy atom. The molecule has 0 spiro atoms. The predicted octanol–water partition coefficient (Wildman–Crippen LogP) is 2.42. The van der Waals surface area contributed by atoms with Gasteiger partial charge in [-0.2, -0.15) is 0 Å². The molecule has 2 N–H and O–H groups in total. The first-order chi connectivity index (χ1) is 7.77. The van der Waals surface area contributed by atoms with Crippen molar-refractivity contribution >= 4 is 17.6 Å². The Morgan fingerprint density at radius 2 is 2.06 bits per heavy atom. The van der Waals surface area contributed by atoms with Gasteiger partial charge in [0, 0.05) is 25.2 Å². The molecule has 1 rings (SSSR count). The number of rotatable bonds is 4. The lowest BCUT2D eigenvalue weighted by molar-refractivity contribution is 0.781. The first-order valence-electron chi connectivity index (χ1n) is 5.45. The lowest BCUT2D eigenvalue weighted by Crippen LogP contribution is -2.37. The fourth-order valence-electron chi connectivity index (χ4n) is 1.28. The highest BCUT2D eigenvalue weighted by atomic mass is 35.5. The van der Waals surface area contributed by atoms with E-state index in [1.54, 1.807) is 7.05 Å². The van der Waals surface area contributed by atoms with Crippen molar-refractivity contribution in [2.45, 2.75) is 19.9 Å². The smallest absolute Gasteiger partial charge is 0.191 e. The number of aliphatic imine (C=N–C) groups is 1. The van der Waals surface area contributed by atoms with Gasteiger partial charge in [0.2, 0.25) is 0 Å². The van der Waals surface area contributed by atoms with E-state index in [0.29, 0.717) is 6.54 Å². The van der Waals surface area contributed by atoms with Crippen LogP contribution in [-0.2, 0) is 6.54 Å². The Kier molecular flexibility index (Phi) is 5.72. The van der Waals surface area contributed by atoms with Crippen molar-refractivity contribution < 1.29 is 0 Å². The van der Waals surface area contributed by atoms with Crippen LogP contribution in [0.3, 0.4) is 0 Å². The lowest BCUT2D eigenvalue weighted by Gasteiger charge is -2.11. The van der Waals surface area contributed by atoms with Crippen LogP contribution in [-0.4, -0.2) is 19.6 Å². The van der Waals surface area contributed by atoms with Crippen molar-refractivity contribution in [1.29, 1.82) is 0 Å². The van der Waals surface area contributed by atoms with Crippen molar-refractivity contribution in [1.82, 2.24) is 10.6 Å². The van der Waals surface area contributed by atoms with Gasteiger partial charge in [0.25, 0.3) is 0 Å². The molecule has 0 saturated heterocycles. The van der Waals surface area contributed by atoms with Gasteiger partial charge in [-0.05, 0) is 18.1 Å². The first kappa shape index (κ1) is 12.8. The maximum absolute atomic E-state index is 6.05. The van der Waals surface area contributed by atoms with Crippen molar-refractivity contribution in [2.75, 3.05) is 13.6 Å². The molecule has 0 radical (unpaired) electrons. The molecule has 0 bridgehead atoms. The van der Waals surface area contributed by atoms with Crippen LogP contribution in [0.4, 0.5) is 0 Å². The van der Waals surface area contributed by atoms with E-state index in [0.717, 1.165) is 29.5 Å². The van der Waals surface area contributed by atoms with Gasteiger partial charge in [0.05, 0.1) is 0 Å². The topological polar surface area (TPSA) is 36.4 Å². The van der Waals surface area contributed by atoms with E-state index in [9.17, 15) is 0 Å². The second-order valence-corrected chi connectivity index (χ2v) is 3.85. The second-order valence-electron chi connectivity index (χ2n) is 3.44. The molecule has 4 heteroatoms. The zero-order valence-electron chi connectivity index (χ0n) is 9.76. The van der Waals surface area contributed by atoms with Crippen LogP contribution < -0.4 is 10.6 Å². The molecule has 0 saturated carbocycles. The Hall–Kier alpha value is -1.22. The van der Waals surface area contributed by atoms with Crippen molar-refractivity contribution in [2.24, 2.45) is 4.99 Å². The summed E-state index contributed by atoms with van der Waals surface area (Å²) in [6.07, 6.45) is 1.08. The van der Waals surface area contributed by atoms with Crippen LogP contribution in [0, 0.1) is 0 Å². The van der Waals surface area contributed by atoms with Crippen LogP contribution in [0.15, 0.2) is 29.3 Å². The van der Waals surface area contributed by atoms with Gasteiger partial charge < -0.3 is 10.6 Å². The summed E-state index contributed by atoms with van der Waals surface area (Å²) in [6.45, 7) is 3.72. The molecule has 0 aliphatic carbocycles. The molecule has 0 heterocycles. The van der Waals surface area contributed by atoms with Crippen LogP contribution in [0.1, 0.15) is 18.9 Å². The standard InChI is InChI=1S/C12H18ClN3/c1-3-8-15-12(14-2)16-9-10-6-4-5-7-11(10)13/h4-7H,3,8-9H2,1-2H3,(H2,14,15,16). The molecule has 1 aromatic rings. The minimum Gasteiger partial charge on any atom is -0.356 e. The van der Waals surface area contributed by atoms with Crippen LogP contribution >= 0.6 is 11.6 Å². The molecule has 3 nitrogen and oxygen atoms in total. The van der Waals surface area contributed by atoms with Gasteiger partial charge in [0.15, 0.2) is 5.96 Å². The molecular formula is C12H18ClN3. The number of hydrogen-bond donors (Lipinski definition) is 2. The molecule has 0 fully saturated rings. The molecule has 0 atom stereocenters. The summed E-state index contributed by atoms with van der Waals surface area (Å²) in [5, 5.41) is 7.20. The lowest BCUT2D eigenvalue weighted by atomic mass is 10.2. The van der Waals surface area contributed by atoms with Crippen LogP contribution in [0.25, 0.3) is 0 Å². The van der Waals surface area contributed by atoms with Gasteiger partial charge in [-0.15, -0.1) is 0 Å². The molecular weight excluding hydrogens is 222 g/mol. The average Bonchev–Trinajstić information content (AvgIpc) is 2.31. The average molecular weight is 240 g/mol. The Morgan fingerprint density at radius 1 is 1.31 bits per heavy atom. The van der Waals surface area contributed by atoms with Crippen molar-refractivity contribution in [3.8, 4) is 0 Å². The Bertz CT molecular complexity index is 350. The predicted molar refractivity (Wildman–Crippen MR) is 69.9 cm³/mol. The molecule has 88 valence electrons. The number of nitrogens with zero attached hydrogens (tertiary/aromatic N) is 1. The molecule has 16 heavy (non-hydrogen) atoms. The highest BCUT2D eigenvalue weighted by molar-refractivity contribution is 6.31. The third-order valence-corrected chi connectivity index (χ3v) is 2.54. The largest absolute Gasteiger partial charge is 0.356 e. The second kappa shape index (κ2) is 7.12. The minimum atomic E-state index is 0.684.